The molecule has 0 radical (unpaired) electrons. The van der Waals surface area contributed by atoms with Crippen LogP contribution in [0.3, 0.4) is 0 Å². The summed E-state index contributed by atoms with van der Waals surface area (Å²) in [5.41, 5.74) is 8.76. The molecule has 3 aromatic rings. The zero-order chi connectivity index (χ0) is 29.9. The van der Waals surface area contributed by atoms with Crippen molar-refractivity contribution in [1.29, 1.82) is 0 Å². The number of rotatable bonds is 3. The maximum atomic E-state index is 13.1. The number of nitrogens with zero attached hydrogens (tertiary/aromatic N) is 3. The van der Waals surface area contributed by atoms with Gasteiger partial charge in [0.05, 0.1) is 23.5 Å². The zero-order valence-electron chi connectivity index (χ0n) is 26.7. The van der Waals surface area contributed by atoms with Crippen molar-refractivity contribution in [2.75, 3.05) is 31.5 Å². The highest BCUT2D eigenvalue weighted by Gasteiger charge is 2.79. The minimum Gasteiger partial charge on any atom is -0.481 e. The average molecular weight is 603 g/mol. The quantitative estimate of drug-likeness (QED) is 0.342. The highest BCUT2D eigenvalue weighted by molar-refractivity contribution is 5.87. The van der Waals surface area contributed by atoms with Crippen LogP contribution in [0.5, 0.6) is 0 Å². The number of para-hydroxylation sites is 1. The fourth-order valence-electron chi connectivity index (χ4n) is 14.1. The maximum Gasteiger partial charge on any atom is 0.308 e. The molecule has 6 fully saturated rings. The standard InChI is InChI=1S/C39H46N4O2/c1-2-36-12-5-17-41-19-11-26-25-7-3-4-8-30(25)43(32(26)33(36)41)31(23-36)24-9-10-29-27(21-24)38-16-20-42-18-6-13-37(35(38)42)14-15-39(38,40-29)28(22-37)34(44)45/h3-4,7-10,21,28,31,33,35,40H,2,5-6,11-20,22-23H2,1H3,(H,44,45)/t28-,31-,33-,35-,36+,37+,38+,39+/m0/s1. The topological polar surface area (TPSA) is 60.7 Å². The van der Waals surface area contributed by atoms with Gasteiger partial charge in [0.1, 0.15) is 0 Å². The van der Waals surface area contributed by atoms with Gasteiger partial charge in [-0.05, 0) is 130 Å². The van der Waals surface area contributed by atoms with Gasteiger partial charge in [0.25, 0.3) is 0 Å². The Hall–Kier alpha value is -2.83. The van der Waals surface area contributed by atoms with E-state index in [4.69, 9.17) is 0 Å². The van der Waals surface area contributed by atoms with Gasteiger partial charge in [0, 0.05) is 40.3 Å². The van der Waals surface area contributed by atoms with E-state index in [0.29, 0.717) is 23.5 Å². The summed E-state index contributed by atoms with van der Waals surface area (Å²) in [6, 6.07) is 18.0. The van der Waals surface area contributed by atoms with E-state index in [1.165, 1.54) is 92.3 Å². The van der Waals surface area contributed by atoms with Gasteiger partial charge in [0.15, 0.2) is 0 Å². The predicted molar refractivity (Wildman–Crippen MR) is 176 cm³/mol. The molecule has 3 saturated carbocycles. The molecule has 2 N–H and O–H groups in total. The lowest BCUT2D eigenvalue weighted by molar-refractivity contribution is -0.168. The summed E-state index contributed by atoms with van der Waals surface area (Å²) in [6.07, 6.45) is 12.7. The predicted octanol–water partition coefficient (Wildman–Crippen LogP) is 6.88. The van der Waals surface area contributed by atoms with Gasteiger partial charge in [0.2, 0.25) is 0 Å². The van der Waals surface area contributed by atoms with E-state index in [0.717, 1.165) is 32.2 Å². The fraction of sp³-hybridized carbons (Fsp3) is 0.615. The van der Waals surface area contributed by atoms with Crippen LogP contribution in [0.1, 0.15) is 106 Å². The molecule has 8 atom stereocenters. The number of aromatic nitrogens is 1. The number of benzene rings is 2. The van der Waals surface area contributed by atoms with Gasteiger partial charge in [-0.15, -0.1) is 0 Å². The lowest BCUT2D eigenvalue weighted by Crippen LogP contribution is -2.76. The Kier molecular flexibility index (Phi) is 4.88. The molecule has 3 spiro atoms. The summed E-state index contributed by atoms with van der Waals surface area (Å²) >= 11 is 0. The first-order valence-corrected chi connectivity index (χ1v) is 18.2. The monoisotopic (exact) mass is 602 g/mol. The molecule has 6 heteroatoms. The second kappa shape index (κ2) is 8.36. The summed E-state index contributed by atoms with van der Waals surface area (Å²) in [4.78, 5) is 18.8. The molecule has 2 bridgehead atoms. The van der Waals surface area contributed by atoms with Crippen molar-refractivity contribution in [2.45, 2.75) is 107 Å². The van der Waals surface area contributed by atoms with Crippen LogP contribution in [0.2, 0.25) is 0 Å². The molecule has 0 unspecified atom stereocenters. The number of carboxylic acid groups (broad SMARTS) is 1. The Labute approximate surface area is 266 Å². The molecule has 9 aliphatic rings. The van der Waals surface area contributed by atoms with E-state index in [2.05, 4.69) is 69.1 Å². The van der Waals surface area contributed by atoms with Crippen LogP contribution < -0.4 is 5.32 Å². The normalized spacial score (nSPS) is 42.2. The number of fused-ring (bicyclic) bond motifs is 6. The average Bonchev–Trinajstić information content (AvgIpc) is 3.73. The Morgan fingerprint density at radius 1 is 0.956 bits per heavy atom. The molecule has 12 rings (SSSR count). The van der Waals surface area contributed by atoms with Crippen LogP contribution in [-0.4, -0.2) is 63.2 Å². The van der Waals surface area contributed by atoms with Gasteiger partial charge in [-0.25, -0.2) is 0 Å². The Morgan fingerprint density at radius 2 is 1.82 bits per heavy atom. The number of nitrogens with one attached hydrogen (secondary N) is 1. The lowest BCUT2D eigenvalue weighted by atomic mass is 9.39. The fourth-order valence-corrected chi connectivity index (χ4v) is 14.1. The number of hydrogen-bond donors (Lipinski definition) is 2. The molecular formula is C39H46N4O2. The van der Waals surface area contributed by atoms with Crippen LogP contribution in [0, 0.1) is 16.7 Å². The third-order valence-corrected chi connectivity index (χ3v) is 15.6. The minimum absolute atomic E-state index is 0.113. The molecule has 234 valence electrons. The first-order chi connectivity index (χ1) is 22.0. The smallest absolute Gasteiger partial charge is 0.308 e. The van der Waals surface area contributed by atoms with E-state index < -0.39 is 5.97 Å². The highest BCUT2D eigenvalue weighted by atomic mass is 16.4. The second-order valence-corrected chi connectivity index (χ2v) is 16.6. The summed E-state index contributed by atoms with van der Waals surface area (Å²) in [7, 11) is 0. The molecule has 1 aromatic heterocycles. The number of anilines is 1. The van der Waals surface area contributed by atoms with Crippen LogP contribution >= 0.6 is 0 Å². The Bertz CT molecular complexity index is 1810. The molecule has 6 aliphatic heterocycles. The molecule has 3 saturated heterocycles. The zero-order valence-corrected chi connectivity index (χ0v) is 26.7. The van der Waals surface area contributed by atoms with Gasteiger partial charge < -0.3 is 15.0 Å². The van der Waals surface area contributed by atoms with Gasteiger partial charge in [-0.3, -0.25) is 14.6 Å². The maximum absolute atomic E-state index is 13.1. The van der Waals surface area contributed by atoms with Crippen molar-refractivity contribution in [3.8, 4) is 0 Å². The van der Waals surface area contributed by atoms with Crippen molar-refractivity contribution in [1.82, 2.24) is 14.4 Å². The van der Waals surface area contributed by atoms with Crippen molar-refractivity contribution < 1.29 is 9.90 Å². The summed E-state index contributed by atoms with van der Waals surface area (Å²) in [5, 5.41) is 16.3. The van der Waals surface area contributed by atoms with E-state index in [1.807, 2.05) is 0 Å². The number of carbonyl (C=O) groups is 1. The highest BCUT2D eigenvalue weighted by Crippen LogP contribution is 2.74. The molecular weight excluding hydrogens is 556 g/mol. The molecule has 3 aliphatic carbocycles. The van der Waals surface area contributed by atoms with E-state index in [1.54, 1.807) is 11.3 Å². The third-order valence-electron chi connectivity index (χ3n) is 15.6. The summed E-state index contributed by atoms with van der Waals surface area (Å²) in [5.74, 6) is -0.893. The van der Waals surface area contributed by atoms with Crippen LogP contribution in [0.4, 0.5) is 5.69 Å². The van der Waals surface area contributed by atoms with Gasteiger partial charge in [-0.2, -0.15) is 0 Å². The molecule has 7 heterocycles. The molecule has 45 heavy (non-hydrogen) atoms. The van der Waals surface area contributed by atoms with Crippen LogP contribution in [0.15, 0.2) is 42.5 Å². The number of carboxylic acids is 1. The van der Waals surface area contributed by atoms with E-state index in [9.17, 15) is 9.90 Å². The first-order valence-electron chi connectivity index (χ1n) is 18.2. The van der Waals surface area contributed by atoms with Crippen molar-refractivity contribution in [2.24, 2.45) is 16.7 Å². The number of aliphatic carboxylic acids is 1. The summed E-state index contributed by atoms with van der Waals surface area (Å²) < 4.78 is 2.80. The minimum atomic E-state index is -0.577. The SMILES string of the molecule is CC[C@@]12CCCN3CCc4c(n(c5ccccc45)[C@H](c4ccc5c(c4)[C@@]46CCN7CCC[C@]8(CC[C@@]4(N5)[C@H](C(=O)O)C8)[C@H]76)C1)[C@H]32. The van der Waals surface area contributed by atoms with Crippen LogP contribution in [-0.2, 0) is 16.6 Å². The second-order valence-electron chi connectivity index (χ2n) is 16.6. The third kappa shape index (κ3) is 2.80. The Morgan fingerprint density at radius 3 is 2.71 bits per heavy atom. The van der Waals surface area contributed by atoms with E-state index >= 15 is 0 Å². The molecule has 2 aromatic carbocycles. The van der Waals surface area contributed by atoms with Gasteiger partial charge in [-0.1, -0.05) is 37.3 Å². The van der Waals surface area contributed by atoms with Crippen molar-refractivity contribution in [3.05, 3.63) is 64.8 Å². The van der Waals surface area contributed by atoms with Crippen molar-refractivity contribution in [3.63, 3.8) is 0 Å². The first kappa shape index (κ1) is 26.3. The van der Waals surface area contributed by atoms with Crippen LogP contribution in [0.25, 0.3) is 10.9 Å². The number of piperidine rings is 2. The largest absolute Gasteiger partial charge is 0.481 e. The lowest BCUT2D eigenvalue weighted by Gasteiger charge is -2.68. The molecule has 0 amide bonds. The van der Waals surface area contributed by atoms with Crippen molar-refractivity contribution >= 4 is 22.6 Å². The Balaban J connectivity index is 1.14. The van der Waals surface area contributed by atoms with Gasteiger partial charge >= 0.3 is 5.97 Å². The summed E-state index contributed by atoms with van der Waals surface area (Å²) in [6.45, 7) is 7.18. The van der Waals surface area contributed by atoms with E-state index in [-0.39, 0.29) is 22.3 Å². The molecule has 6 nitrogen and oxygen atoms in total. The number of hydrogen-bond acceptors (Lipinski definition) is 4.